The standard InChI is InChI=1S/C19H42NO4Si.C18H36.C3H8.2ClH/c1-8-12-13-14-15-16-17-20(6,7)21-18-19(5)25(22-9-2,23-10-3)24-11-4;1-2-3-4-5-6-7-8-9-10-11-12-13-14-15-18-16-17-18;1-3-2;;/h16-17,19H,8-15,18H2,1-7H3;18H,2-17H2,1H3;3H2,1-2H3;2*1H/q+1;;;;. The van der Waals surface area contributed by atoms with Gasteiger partial charge in [0, 0.05) is 19.8 Å². The van der Waals surface area contributed by atoms with Crippen molar-refractivity contribution in [3.05, 3.63) is 12.3 Å². The molecule has 0 aliphatic heterocycles. The van der Waals surface area contributed by atoms with E-state index >= 15 is 0 Å². The van der Waals surface area contributed by atoms with E-state index in [1.807, 2.05) is 34.9 Å². The van der Waals surface area contributed by atoms with Crippen LogP contribution in [0.4, 0.5) is 0 Å². The average Bonchev–Trinajstić information content (AvgIpc) is 3.86. The highest BCUT2D eigenvalue weighted by Gasteiger charge is 2.47. The fourth-order valence-corrected chi connectivity index (χ4v) is 8.07. The maximum absolute atomic E-state index is 6.11. The summed E-state index contributed by atoms with van der Waals surface area (Å²) in [4.78, 5) is 6.11. The molecule has 1 rings (SSSR count). The van der Waals surface area contributed by atoms with Crippen LogP contribution in [0.25, 0.3) is 0 Å². The second-order valence-corrected chi connectivity index (χ2v) is 17.0. The molecule has 1 unspecified atom stereocenters. The minimum Gasteiger partial charge on any atom is -0.374 e. The summed E-state index contributed by atoms with van der Waals surface area (Å²) in [5.41, 5.74) is 0.0858. The molecule has 0 spiro atoms. The van der Waals surface area contributed by atoms with Crippen molar-refractivity contribution in [1.29, 1.82) is 0 Å². The second kappa shape index (κ2) is 40.1. The van der Waals surface area contributed by atoms with E-state index in [1.165, 1.54) is 135 Å². The SMILES string of the molecule is CCC.CCCCCCC=C[N+](C)(C)OCC(C)[Si](OCC)(OCC)OCC.CCCCCCCCCCCCCCCC1CC1.Cl.Cl. The highest BCUT2D eigenvalue weighted by Crippen LogP contribution is 2.34. The Hall–Kier alpha value is 0.337. The van der Waals surface area contributed by atoms with Gasteiger partial charge in [0.1, 0.15) is 26.9 Å². The van der Waals surface area contributed by atoms with Gasteiger partial charge in [-0.3, -0.25) is 0 Å². The van der Waals surface area contributed by atoms with Gasteiger partial charge in [0.2, 0.25) is 0 Å². The minimum atomic E-state index is -2.71. The Bertz CT molecular complexity index is 621. The molecule has 1 fully saturated rings. The molecule has 0 aromatic carbocycles. The Morgan fingerprint density at radius 1 is 0.604 bits per heavy atom. The van der Waals surface area contributed by atoms with Crippen molar-refractivity contribution in [1.82, 2.24) is 0 Å². The lowest BCUT2D eigenvalue weighted by molar-refractivity contribution is -1.04. The lowest BCUT2D eigenvalue weighted by Crippen LogP contribution is -2.51. The molecule has 48 heavy (non-hydrogen) atoms. The molecule has 8 heteroatoms. The number of hydrogen-bond acceptors (Lipinski definition) is 4. The van der Waals surface area contributed by atoms with E-state index in [0.29, 0.717) is 31.1 Å². The third-order valence-electron chi connectivity index (χ3n) is 8.40. The highest BCUT2D eigenvalue weighted by molar-refractivity contribution is 6.62. The summed E-state index contributed by atoms with van der Waals surface area (Å²) in [7, 11) is 1.37. The summed E-state index contributed by atoms with van der Waals surface area (Å²) in [5, 5.41) is 0. The van der Waals surface area contributed by atoms with Gasteiger partial charge in [0.15, 0.2) is 0 Å². The topological polar surface area (TPSA) is 36.9 Å². The first-order chi connectivity index (χ1) is 22.2. The van der Waals surface area contributed by atoms with Gasteiger partial charge in [0.25, 0.3) is 0 Å². The van der Waals surface area contributed by atoms with Gasteiger partial charge in [-0.05, 0) is 45.6 Å². The van der Waals surface area contributed by atoms with Crippen LogP contribution in [0.15, 0.2) is 12.3 Å². The van der Waals surface area contributed by atoms with E-state index in [2.05, 4.69) is 46.9 Å². The molecule has 0 N–H and O–H groups in total. The van der Waals surface area contributed by atoms with Gasteiger partial charge in [-0.25, -0.2) is 0 Å². The minimum absolute atomic E-state index is 0. The van der Waals surface area contributed by atoms with Gasteiger partial charge in [0.05, 0.1) is 5.54 Å². The summed E-state index contributed by atoms with van der Waals surface area (Å²) in [5.74, 6) is 1.15. The van der Waals surface area contributed by atoms with Gasteiger partial charge in [-0.2, -0.15) is 9.48 Å². The molecular formula is C40H88Cl2NO4Si+. The molecule has 0 bridgehead atoms. The van der Waals surface area contributed by atoms with E-state index < -0.39 is 8.80 Å². The van der Waals surface area contributed by atoms with Crippen LogP contribution in [0, 0.1) is 5.92 Å². The van der Waals surface area contributed by atoms with Gasteiger partial charge >= 0.3 is 8.80 Å². The smallest absolute Gasteiger partial charge is 0.374 e. The van der Waals surface area contributed by atoms with Gasteiger partial charge in [-0.1, -0.05) is 163 Å². The fourth-order valence-electron chi connectivity index (χ4n) is 5.48. The molecular weight excluding hydrogens is 657 g/mol. The second-order valence-electron chi connectivity index (χ2n) is 13.9. The van der Waals surface area contributed by atoms with E-state index in [9.17, 15) is 0 Å². The zero-order valence-electron chi connectivity index (χ0n) is 34.1. The predicted octanol–water partition coefficient (Wildman–Crippen LogP) is 14.1. The predicted molar refractivity (Wildman–Crippen MR) is 220 cm³/mol. The number of hydrogen-bond donors (Lipinski definition) is 0. The summed E-state index contributed by atoms with van der Waals surface area (Å²) in [6, 6.07) is 0. The molecule has 1 aliphatic rings. The van der Waals surface area contributed by atoms with Crippen LogP contribution in [0.1, 0.15) is 197 Å². The molecule has 1 atom stereocenters. The Labute approximate surface area is 316 Å². The van der Waals surface area contributed by atoms with E-state index in [0.717, 1.165) is 12.3 Å². The normalized spacial score (nSPS) is 13.5. The summed E-state index contributed by atoms with van der Waals surface area (Å²) in [6.45, 7) is 19.1. The van der Waals surface area contributed by atoms with Crippen LogP contribution in [-0.2, 0) is 18.1 Å². The third-order valence-corrected chi connectivity index (χ3v) is 11.8. The van der Waals surface area contributed by atoms with Crippen LogP contribution in [-0.4, -0.2) is 54.0 Å². The monoisotopic (exact) mass is 745 g/mol. The van der Waals surface area contributed by atoms with Crippen molar-refractivity contribution in [3.8, 4) is 0 Å². The number of rotatable bonds is 30. The number of nitrogens with zero attached hydrogens (tertiary/aromatic N) is 1. The number of allylic oxidation sites excluding steroid dienone is 1. The Balaban J connectivity index is -0.000000371. The number of hydroxylamine groups is 3. The zero-order chi connectivity index (χ0) is 34.8. The van der Waals surface area contributed by atoms with Gasteiger partial charge < -0.3 is 13.3 Å². The third kappa shape index (κ3) is 36.1. The zero-order valence-corrected chi connectivity index (χ0v) is 36.7. The maximum atomic E-state index is 6.11. The molecule has 294 valence electrons. The first-order valence-electron chi connectivity index (χ1n) is 20.3. The summed E-state index contributed by atoms with van der Waals surface area (Å²) >= 11 is 0. The van der Waals surface area contributed by atoms with Crippen molar-refractivity contribution in [2.24, 2.45) is 5.92 Å². The maximum Gasteiger partial charge on any atom is 0.506 e. The van der Waals surface area contributed by atoms with Crippen molar-refractivity contribution < 1.29 is 22.8 Å². The molecule has 0 amide bonds. The van der Waals surface area contributed by atoms with Crippen molar-refractivity contribution >= 4 is 33.6 Å². The Morgan fingerprint density at radius 2 is 0.979 bits per heavy atom. The lowest BCUT2D eigenvalue weighted by Gasteiger charge is -2.34. The molecule has 0 heterocycles. The average molecular weight is 746 g/mol. The van der Waals surface area contributed by atoms with Crippen molar-refractivity contribution in [2.45, 2.75) is 202 Å². The summed E-state index contributed by atoms with van der Waals surface area (Å²) in [6.07, 6.45) is 35.7. The first-order valence-corrected chi connectivity index (χ1v) is 22.1. The molecule has 0 aromatic rings. The van der Waals surface area contributed by atoms with Crippen LogP contribution < -0.4 is 0 Å². The van der Waals surface area contributed by atoms with E-state index in [1.54, 1.807) is 0 Å². The molecule has 0 saturated heterocycles. The first kappa shape index (κ1) is 55.1. The van der Waals surface area contributed by atoms with Crippen molar-refractivity contribution in [2.75, 3.05) is 40.5 Å². The van der Waals surface area contributed by atoms with Crippen molar-refractivity contribution in [3.63, 3.8) is 0 Å². The van der Waals surface area contributed by atoms with Crippen LogP contribution in [0.2, 0.25) is 5.54 Å². The molecule has 1 aliphatic carbocycles. The molecule has 0 radical (unpaired) electrons. The number of unbranched alkanes of at least 4 members (excludes halogenated alkanes) is 16. The number of halogens is 2. The molecule has 5 nitrogen and oxygen atoms in total. The van der Waals surface area contributed by atoms with Crippen LogP contribution in [0.5, 0.6) is 0 Å². The summed E-state index contributed by atoms with van der Waals surface area (Å²) < 4.78 is 18.3. The van der Waals surface area contributed by atoms with E-state index in [-0.39, 0.29) is 30.4 Å². The van der Waals surface area contributed by atoms with Gasteiger partial charge in [-0.15, -0.1) is 24.8 Å². The fraction of sp³-hybridized carbons (Fsp3) is 0.950. The highest BCUT2D eigenvalue weighted by atomic mass is 35.5. The quantitative estimate of drug-likeness (QED) is 0.0317. The Kier molecular flexibility index (Phi) is 46.0. The molecule has 0 aromatic heterocycles. The van der Waals surface area contributed by atoms with Crippen LogP contribution in [0.3, 0.4) is 0 Å². The van der Waals surface area contributed by atoms with E-state index in [4.69, 9.17) is 18.1 Å². The van der Waals surface area contributed by atoms with Crippen LogP contribution >= 0.6 is 24.8 Å². The Morgan fingerprint density at radius 3 is 1.35 bits per heavy atom. The lowest BCUT2D eigenvalue weighted by atomic mass is 10.0. The molecule has 1 saturated carbocycles. The number of quaternary nitrogens is 1. The largest absolute Gasteiger partial charge is 0.506 e.